The molecule has 90 valence electrons. The van der Waals surface area contributed by atoms with Gasteiger partial charge in [-0.2, -0.15) is 0 Å². The van der Waals surface area contributed by atoms with E-state index in [1.165, 1.54) is 5.56 Å². The van der Waals surface area contributed by atoms with Crippen LogP contribution in [0.4, 0.5) is 0 Å². The summed E-state index contributed by atoms with van der Waals surface area (Å²) in [6.07, 6.45) is 0.211. The van der Waals surface area contributed by atoms with Crippen LogP contribution in [0.25, 0.3) is 0 Å². The molecule has 16 heavy (non-hydrogen) atoms. The van der Waals surface area contributed by atoms with Crippen LogP contribution in [0.15, 0.2) is 24.3 Å². The fourth-order valence-electron chi connectivity index (χ4n) is 1.51. The average Bonchev–Trinajstić information content (AvgIpc) is 2.20. The molecule has 0 aromatic heterocycles. The van der Waals surface area contributed by atoms with Crippen molar-refractivity contribution in [2.45, 2.75) is 26.5 Å². The molecule has 1 N–H and O–H groups in total. The molecule has 0 bridgehead atoms. The van der Waals surface area contributed by atoms with Crippen LogP contribution in [0.5, 0.6) is 5.75 Å². The van der Waals surface area contributed by atoms with Crippen molar-refractivity contribution < 1.29 is 9.84 Å². The van der Waals surface area contributed by atoms with Gasteiger partial charge in [0.1, 0.15) is 5.75 Å². The van der Waals surface area contributed by atoms with E-state index in [9.17, 15) is 0 Å². The van der Waals surface area contributed by atoms with Crippen LogP contribution >= 0.6 is 0 Å². The van der Waals surface area contributed by atoms with Crippen molar-refractivity contribution in [2.75, 3.05) is 20.2 Å². The summed E-state index contributed by atoms with van der Waals surface area (Å²) in [5.74, 6) is 0.906. The van der Waals surface area contributed by atoms with E-state index in [0.717, 1.165) is 12.3 Å². The summed E-state index contributed by atoms with van der Waals surface area (Å²) in [6, 6.07) is 8.10. The highest BCUT2D eigenvalue weighted by Gasteiger charge is 2.01. The van der Waals surface area contributed by atoms with Crippen molar-refractivity contribution >= 4 is 0 Å². The zero-order chi connectivity index (χ0) is 12.0. The topological polar surface area (TPSA) is 32.7 Å². The first kappa shape index (κ1) is 13.0. The van der Waals surface area contributed by atoms with Crippen molar-refractivity contribution in [3.8, 4) is 5.75 Å². The van der Waals surface area contributed by atoms with E-state index >= 15 is 0 Å². The first-order valence-corrected chi connectivity index (χ1v) is 5.67. The summed E-state index contributed by atoms with van der Waals surface area (Å²) in [6.45, 7) is 5.78. The minimum atomic E-state index is 0.199. The molecule has 0 aliphatic carbocycles. The van der Waals surface area contributed by atoms with Gasteiger partial charge in [0.15, 0.2) is 0 Å². The summed E-state index contributed by atoms with van der Waals surface area (Å²) < 4.78 is 5.57. The first-order chi connectivity index (χ1) is 7.61. The molecule has 3 heteroatoms. The monoisotopic (exact) mass is 223 g/mol. The van der Waals surface area contributed by atoms with Gasteiger partial charge >= 0.3 is 0 Å². The Hall–Kier alpha value is -1.06. The van der Waals surface area contributed by atoms with Gasteiger partial charge in [0.2, 0.25) is 0 Å². The van der Waals surface area contributed by atoms with Gasteiger partial charge in [0, 0.05) is 13.1 Å². The quantitative estimate of drug-likeness (QED) is 0.799. The van der Waals surface area contributed by atoms with Crippen LogP contribution in [0.1, 0.15) is 19.4 Å². The summed E-state index contributed by atoms with van der Waals surface area (Å²) in [7, 11) is 1.99. The first-order valence-electron chi connectivity index (χ1n) is 5.67. The maximum Gasteiger partial charge on any atom is 0.119 e. The molecule has 0 spiro atoms. The van der Waals surface area contributed by atoms with Gasteiger partial charge in [-0.05, 0) is 38.6 Å². The normalized spacial score (nSPS) is 11.1. The molecule has 0 saturated carbocycles. The second kappa shape index (κ2) is 6.51. The van der Waals surface area contributed by atoms with E-state index in [-0.39, 0.29) is 12.7 Å². The smallest absolute Gasteiger partial charge is 0.119 e. The number of aliphatic hydroxyl groups excluding tert-OH is 1. The minimum Gasteiger partial charge on any atom is -0.491 e. The van der Waals surface area contributed by atoms with E-state index in [2.05, 4.69) is 17.0 Å². The van der Waals surface area contributed by atoms with E-state index in [0.29, 0.717) is 6.54 Å². The highest BCUT2D eigenvalue weighted by molar-refractivity contribution is 5.27. The molecule has 0 unspecified atom stereocenters. The third-order valence-corrected chi connectivity index (χ3v) is 2.23. The SMILES string of the molecule is CC(C)Oc1ccc(CN(C)CCO)cc1. The molecule has 0 fully saturated rings. The Balaban J connectivity index is 2.50. The number of ether oxygens (including phenoxy) is 1. The summed E-state index contributed by atoms with van der Waals surface area (Å²) in [4.78, 5) is 2.08. The molecule has 1 aromatic carbocycles. The number of aliphatic hydroxyl groups is 1. The molecule has 0 aliphatic rings. The molecule has 0 aliphatic heterocycles. The molecule has 0 saturated heterocycles. The van der Waals surface area contributed by atoms with Gasteiger partial charge in [-0.25, -0.2) is 0 Å². The molecule has 0 atom stereocenters. The average molecular weight is 223 g/mol. The Kier molecular flexibility index (Phi) is 5.29. The Morgan fingerprint density at radius 3 is 2.38 bits per heavy atom. The highest BCUT2D eigenvalue weighted by atomic mass is 16.5. The highest BCUT2D eigenvalue weighted by Crippen LogP contribution is 2.14. The van der Waals surface area contributed by atoms with Gasteiger partial charge in [-0.3, -0.25) is 4.90 Å². The van der Waals surface area contributed by atoms with E-state index in [1.807, 2.05) is 33.0 Å². The molecule has 1 rings (SSSR count). The predicted octanol–water partition coefficient (Wildman–Crippen LogP) is 1.90. The summed E-state index contributed by atoms with van der Waals surface area (Å²) >= 11 is 0. The Morgan fingerprint density at radius 2 is 1.88 bits per heavy atom. The van der Waals surface area contributed by atoms with Crippen molar-refractivity contribution in [1.82, 2.24) is 4.90 Å². The Bertz CT molecular complexity index is 295. The van der Waals surface area contributed by atoms with Crippen molar-refractivity contribution in [3.05, 3.63) is 29.8 Å². The van der Waals surface area contributed by atoms with Crippen LogP contribution in [-0.2, 0) is 6.54 Å². The second-order valence-electron chi connectivity index (χ2n) is 4.27. The lowest BCUT2D eigenvalue weighted by molar-refractivity contribution is 0.217. The number of likely N-dealkylation sites (N-methyl/N-ethyl adjacent to an activating group) is 1. The van der Waals surface area contributed by atoms with Crippen LogP contribution in [-0.4, -0.2) is 36.3 Å². The zero-order valence-electron chi connectivity index (χ0n) is 10.3. The van der Waals surface area contributed by atoms with Crippen LogP contribution < -0.4 is 4.74 Å². The van der Waals surface area contributed by atoms with E-state index in [4.69, 9.17) is 9.84 Å². The Morgan fingerprint density at radius 1 is 1.25 bits per heavy atom. The van der Waals surface area contributed by atoms with Gasteiger partial charge in [0.05, 0.1) is 12.7 Å². The summed E-state index contributed by atoms with van der Waals surface area (Å²) in [5.41, 5.74) is 1.23. The lowest BCUT2D eigenvalue weighted by Crippen LogP contribution is -2.21. The van der Waals surface area contributed by atoms with Gasteiger partial charge in [-0.15, -0.1) is 0 Å². The van der Waals surface area contributed by atoms with E-state index < -0.39 is 0 Å². The third kappa shape index (κ3) is 4.64. The number of rotatable bonds is 6. The van der Waals surface area contributed by atoms with E-state index in [1.54, 1.807) is 0 Å². The number of benzene rings is 1. The number of nitrogens with zero attached hydrogens (tertiary/aromatic N) is 1. The maximum absolute atomic E-state index is 8.80. The molecule has 0 heterocycles. The van der Waals surface area contributed by atoms with Crippen LogP contribution in [0.2, 0.25) is 0 Å². The summed E-state index contributed by atoms with van der Waals surface area (Å²) in [5, 5.41) is 8.80. The predicted molar refractivity (Wildman–Crippen MR) is 65.6 cm³/mol. The lowest BCUT2D eigenvalue weighted by Gasteiger charge is -2.15. The van der Waals surface area contributed by atoms with Gasteiger partial charge in [-0.1, -0.05) is 12.1 Å². The van der Waals surface area contributed by atoms with Gasteiger partial charge in [0.25, 0.3) is 0 Å². The zero-order valence-corrected chi connectivity index (χ0v) is 10.3. The van der Waals surface area contributed by atoms with Gasteiger partial charge < -0.3 is 9.84 Å². The minimum absolute atomic E-state index is 0.199. The van der Waals surface area contributed by atoms with Crippen LogP contribution in [0, 0.1) is 0 Å². The van der Waals surface area contributed by atoms with Crippen LogP contribution in [0.3, 0.4) is 0 Å². The fraction of sp³-hybridized carbons (Fsp3) is 0.538. The molecule has 1 aromatic rings. The number of hydrogen-bond acceptors (Lipinski definition) is 3. The van der Waals surface area contributed by atoms with Crippen molar-refractivity contribution in [1.29, 1.82) is 0 Å². The van der Waals surface area contributed by atoms with Crippen molar-refractivity contribution in [2.24, 2.45) is 0 Å². The molecule has 3 nitrogen and oxygen atoms in total. The number of hydrogen-bond donors (Lipinski definition) is 1. The molecular weight excluding hydrogens is 202 g/mol. The molecule has 0 radical (unpaired) electrons. The largest absolute Gasteiger partial charge is 0.491 e. The third-order valence-electron chi connectivity index (χ3n) is 2.23. The Labute approximate surface area is 97.7 Å². The molecular formula is C13H21NO2. The van der Waals surface area contributed by atoms with Crippen molar-refractivity contribution in [3.63, 3.8) is 0 Å². The lowest BCUT2D eigenvalue weighted by atomic mass is 10.2. The standard InChI is InChI=1S/C13H21NO2/c1-11(2)16-13-6-4-12(5-7-13)10-14(3)8-9-15/h4-7,11,15H,8-10H2,1-3H3. The fourth-order valence-corrected chi connectivity index (χ4v) is 1.51. The maximum atomic E-state index is 8.80. The second-order valence-corrected chi connectivity index (χ2v) is 4.27. The molecule has 0 amide bonds.